The Bertz CT molecular complexity index is 827. The van der Waals surface area contributed by atoms with Crippen LogP contribution in [0.2, 0.25) is 0 Å². The zero-order valence-corrected chi connectivity index (χ0v) is 28.5. The highest BCUT2D eigenvalue weighted by molar-refractivity contribution is 5.78. The highest BCUT2D eigenvalue weighted by Gasteiger charge is 2.41. The van der Waals surface area contributed by atoms with Crippen molar-refractivity contribution in [3.05, 3.63) is 0 Å². The molecule has 0 spiro atoms. The van der Waals surface area contributed by atoms with Gasteiger partial charge in [0.2, 0.25) is 5.91 Å². The van der Waals surface area contributed by atoms with Crippen molar-refractivity contribution < 1.29 is 14.7 Å². The van der Waals surface area contributed by atoms with Crippen molar-refractivity contribution in [2.45, 2.75) is 168 Å². The molecule has 4 aliphatic rings. The van der Waals surface area contributed by atoms with Crippen molar-refractivity contribution in [1.29, 1.82) is 0 Å². The molecular weight excluding hydrogens is 530 g/mol. The number of amides is 1. The van der Waals surface area contributed by atoms with Crippen LogP contribution in [0.4, 0.5) is 0 Å². The van der Waals surface area contributed by atoms with Gasteiger partial charge in [0, 0.05) is 18.9 Å². The van der Waals surface area contributed by atoms with E-state index in [1.807, 2.05) is 0 Å². The molecule has 0 aromatic carbocycles. The number of carbonyl (C=O) groups is 2. The summed E-state index contributed by atoms with van der Waals surface area (Å²) in [4.78, 5) is 24.7. The molecule has 43 heavy (non-hydrogen) atoms. The lowest BCUT2D eigenvalue weighted by Crippen LogP contribution is -2.35. The maximum atomic E-state index is 13.6. The van der Waals surface area contributed by atoms with Crippen molar-refractivity contribution in [3.8, 4) is 0 Å². The van der Waals surface area contributed by atoms with Gasteiger partial charge >= 0.3 is 5.97 Å². The molecule has 4 fully saturated rings. The largest absolute Gasteiger partial charge is 0.481 e. The summed E-state index contributed by atoms with van der Waals surface area (Å²) in [6.07, 6.45) is 29.4. The monoisotopic (exact) mass is 600 g/mol. The molecule has 0 aromatic heterocycles. The Morgan fingerprint density at radius 1 is 0.628 bits per heavy atom. The number of unbranched alkanes of at least 4 members (excludes halogenated alkanes) is 1. The summed E-state index contributed by atoms with van der Waals surface area (Å²) in [5, 5.41) is 12.3. The Hall–Kier alpha value is -1.06. The Balaban J connectivity index is 1.65. The Labute approximate surface area is 265 Å². The van der Waals surface area contributed by atoms with Gasteiger partial charge < -0.3 is 10.4 Å². The third-order valence-electron chi connectivity index (χ3n) is 13.4. The van der Waals surface area contributed by atoms with E-state index in [4.69, 9.17) is 5.11 Å². The maximum Gasteiger partial charge on any atom is 0.303 e. The third-order valence-corrected chi connectivity index (χ3v) is 13.4. The summed E-state index contributed by atoms with van der Waals surface area (Å²) in [6, 6.07) is 0. The van der Waals surface area contributed by atoms with Crippen LogP contribution in [0.3, 0.4) is 0 Å². The minimum atomic E-state index is -0.771. The number of carboxylic acid groups (broad SMARTS) is 1. The van der Waals surface area contributed by atoms with E-state index in [0.717, 1.165) is 60.2 Å². The maximum absolute atomic E-state index is 13.6. The molecule has 4 saturated carbocycles. The lowest BCUT2D eigenvalue weighted by molar-refractivity contribution is -0.137. The predicted octanol–water partition coefficient (Wildman–Crippen LogP) is 10.4. The second kappa shape index (κ2) is 18.2. The number of carbonyl (C=O) groups excluding carboxylic acids is 1. The van der Waals surface area contributed by atoms with Crippen LogP contribution < -0.4 is 5.32 Å². The number of aliphatic carboxylic acids is 1. The van der Waals surface area contributed by atoms with E-state index < -0.39 is 5.97 Å². The van der Waals surface area contributed by atoms with Gasteiger partial charge in [0.1, 0.15) is 0 Å². The molecule has 10 unspecified atom stereocenters. The van der Waals surface area contributed by atoms with Gasteiger partial charge in [-0.3, -0.25) is 9.59 Å². The standard InChI is InChI=1S/C39H69NO3/c1-4-7-17-37-29(6-3)24-28(5-2)30-13-8-9-14-31(20-19-30)32-15-10-11-16-33(25-32)34-21-22-35(27-36(37)26-34)39(43)40-23-12-18-38(41)42/h28-37H,4-27H2,1-3H3,(H,40,43)(H,41,42). The number of hydrogen-bond acceptors (Lipinski definition) is 2. The quantitative estimate of drug-likeness (QED) is 0.245. The van der Waals surface area contributed by atoms with Crippen molar-refractivity contribution in [1.82, 2.24) is 5.32 Å². The Kier molecular flexibility index (Phi) is 14.7. The van der Waals surface area contributed by atoms with E-state index in [1.165, 1.54) is 122 Å². The van der Waals surface area contributed by atoms with Gasteiger partial charge in [-0.15, -0.1) is 0 Å². The first-order valence-corrected chi connectivity index (χ1v) is 19.4. The smallest absolute Gasteiger partial charge is 0.303 e. The van der Waals surface area contributed by atoms with Gasteiger partial charge in [-0.05, 0) is 117 Å². The van der Waals surface area contributed by atoms with Crippen LogP contribution in [0.1, 0.15) is 168 Å². The molecule has 0 aliphatic heterocycles. The molecule has 0 radical (unpaired) electrons. The molecule has 0 saturated heterocycles. The fourth-order valence-electron chi connectivity index (χ4n) is 10.9. The number of rotatable bonds is 10. The fraction of sp³-hybridized carbons (Fsp3) is 0.949. The minimum Gasteiger partial charge on any atom is -0.481 e. The van der Waals surface area contributed by atoms with Crippen LogP contribution in [-0.2, 0) is 9.59 Å². The summed E-state index contributed by atoms with van der Waals surface area (Å²) in [6.45, 7) is 7.82. The third kappa shape index (κ3) is 10.2. The zero-order valence-electron chi connectivity index (χ0n) is 28.5. The van der Waals surface area contributed by atoms with Gasteiger partial charge in [-0.1, -0.05) is 97.8 Å². The van der Waals surface area contributed by atoms with Crippen LogP contribution in [0.5, 0.6) is 0 Å². The van der Waals surface area contributed by atoms with Crippen molar-refractivity contribution >= 4 is 11.9 Å². The summed E-state index contributed by atoms with van der Waals surface area (Å²) in [5.74, 6) is 7.04. The molecule has 4 heteroatoms. The molecule has 0 aromatic rings. The van der Waals surface area contributed by atoms with E-state index in [1.54, 1.807) is 0 Å². The number of nitrogens with one attached hydrogen (secondary N) is 1. The molecular formula is C39H69NO3. The Morgan fingerprint density at radius 3 is 1.88 bits per heavy atom. The van der Waals surface area contributed by atoms with Gasteiger partial charge in [-0.25, -0.2) is 0 Å². The van der Waals surface area contributed by atoms with Crippen molar-refractivity contribution in [3.63, 3.8) is 0 Å². The average Bonchev–Trinajstić information content (AvgIpc) is 3.36. The van der Waals surface area contributed by atoms with Gasteiger partial charge in [-0.2, -0.15) is 0 Å². The summed E-state index contributed by atoms with van der Waals surface area (Å²) < 4.78 is 0. The SMILES string of the molecule is CCCCC1C(CC)CC(CC)C2CCCCC(CC2)C2CCCCC(C2)C2CCC(C(=O)NCCCC(=O)O)CC1C2. The second-order valence-corrected chi connectivity index (χ2v) is 15.9. The zero-order chi connectivity index (χ0) is 30.6. The van der Waals surface area contributed by atoms with Crippen LogP contribution in [0.15, 0.2) is 0 Å². The lowest BCUT2D eigenvalue weighted by atomic mass is 9.64. The van der Waals surface area contributed by atoms with E-state index in [9.17, 15) is 9.59 Å². The van der Waals surface area contributed by atoms with E-state index in [-0.39, 0.29) is 18.2 Å². The Morgan fingerprint density at radius 2 is 1.21 bits per heavy atom. The van der Waals surface area contributed by atoms with E-state index in [0.29, 0.717) is 18.9 Å². The lowest BCUT2D eigenvalue weighted by Gasteiger charge is -2.41. The average molecular weight is 600 g/mol. The molecule has 6 bridgehead atoms. The van der Waals surface area contributed by atoms with Gasteiger partial charge in [0.05, 0.1) is 0 Å². The second-order valence-electron chi connectivity index (χ2n) is 15.9. The van der Waals surface area contributed by atoms with Crippen LogP contribution in [-0.4, -0.2) is 23.5 Å². The molecule has 0 heterocycles. The molecule has 4 rings (SSSR count). The van der Waals surface area contributed by atoms with Crippen LogP contribution in [0, 0.1) is 59.2 Å². The minimum absolute atomic E-state index is 0.100. The molecule has 248 valence electrons. The first-order valence-electron chi connectivity index (χ1n) is 19.4. The van der Waals surface area contributed by atoms with Crippen LogP contribution >= 0.6 is 0 Å². The van der Waals surface area contributed by atoms with Crippen molar-refractivity contribution in [2.24, 2.45) is 59.2 Å². The fourth-order valence-corrected chi connectivity index (χ4v) is 10.9. The molecule has 2 N–H and O–H groups in total. The van der Waals surface area contributed by atoms with Gasteiger partial charge in [0.15, 0.2) is 0 Å². The van der Waals surface area contributed by atoms with E-state index in [2.05, 4.69) is 26.1 Å². The normalized spacial score (nSPS) is 37.7. The molecule has 4 aliphatic carbocycles. The molecule has 1 amide bonds. The van der Waals surface area contributed by atoms with Crippen molar-refractivity contribution in [2.75, 3.05) is 6.54 Å². The first-order chi connectivity index (χ1) is 20.9. The highest BCUT2D eigenvalue weighted by atomic mass is 16.4. The van der Waals surface area contributed by atoms with E-state index >= 15 is 0 Å². The van der Waals surface area contributed by atoms with Crippen LogP contribution in [0.25, 0.3) is 0 Å². The predicted molar refractivity (Wildman–Crippen MR) is 179 cm³/mol. The highest BCUT2D eigenvalue weighted by Crippen LogP contribution is 2.50. The summed E-state index contributed by atoms with van der Waals surface area (Å²) in [7, 11) is 0. The number of carboxylic acids is 1. The summed E-state index contributed by atoms with van der Waals surface area (Å²) >= 11 is 0. The molecule has 10 atom stereocenters. The summed E-state index contributed by atoms with van der Waals surface area (Å²) in [5.41, 5.74) is 0. The first kappa shape index (κ1) is 34.8. The number of hydrogen-bond donors (Lipinski definition) is 2. The number of fused-ring (bicyclic) bond motifs is 9. The topological polar surface area (TPSA) is 66.4 Å². The van der Waals surface area contributed by atoms with Gasteiger partial charge in [0.25, 0.3) is 0 Å². The molecule has 4 nitrogen and oxygen atoms in total.